The summed E-state index contributed by atoms with van der Waals surface area (Å²) in [5.41, 5.74) is 0. The van der Waals surface area contributed by atoms with Crippen LogP contribution in [-0.2, 0) is 4.79 Å². The van der Waals surface area contributed by atoms with Gasteiger partial charge in [0, 0.05) is 19.1 Å². The molecule has 5 nitrogen and oxygen atoms in total. The fourth-order valence-electron chi connectivity index (χ4n) is 3.75. The van der Waals surface area contributed by atoms with Crippen LogP contribution in [0.25, 0.3) is 0 Å². The second-order valence-corrected chi connectivity index (χ2v) is 6.87. The fraction of sp³-hybridized carbons (Fsp3) is 0.875. The Kier molecular flexibility index (Phi) is 5.48. The van der Waals surface area contributed by atoms with E-state index in [9.17, 15) is 9.59 Å². The number of amides is 2. The Morgan fingerprint density at radius 1 is 1.14 bits per heavy atom. The summed E-state index contributed by atoms with van der Waals surface area (Å²) < 4.78 is 0. The van der Waals surface area contributed by atoms with Crippen LogP contribution < -0.4 is 5.32 Å². The minimum Gasteiger partial charge on any atom is -0.481 e. The highest BCUT2D eigenvalue weighted by Gasteiger charge is 2.32. The van der Waals surface area contributed by atoms with Gasteiger partial charge < -0.3 is 15.3 Å². The molecule has 1 aliphatic heterocycles. The summed E-state index contributed by atoms with van der Waals surface area (Å²) >= 11 is 0. The van der Waals surface area contributed by atoms with Crippen molar-refractivity contribution in [1.29, 1.82) is 0 Å². The minimum absolute atomic E-state index is 0.0708. The van der Waals surface area contributed by atoms with Crippen LogP contribution >= 0.6 is 0 Å². The molecule has 0 bridgehead atoms. The monoisotopic (exact) mass is 296 g/mol. The molecule has 120 valence electrons. The first-order valence-electron chi connectivity index (χ1n) is 8.27. The van der Waals surface area contributed by atoms with Crippen molar-refractivity contribution in [2.45, 2.75) is 58.4 Å². The lowest BCUT2D eigenvalue weighted by atomic mass is 9.78. The van der Waals surface area contributed by atoms with Crippen molar-refractivity contribution in [3.05, 3.63) is 0 Å². The third-order valence-electron chi connectivity index (χ3n) is 5.04. The maximum atomic E-state index is 12.4. The number of piperidine rings is 1. The third-order valence-corrected chi connectivity index (χ3v) is 5.04. The van der Waals surface area contributed by atoms with Crippen LogP contribution in [0.2, 0.25) is 0 Å². The zero-order chi connectivity index (χ0) is 15.4. The summed E-state index contributed by atoms with van der Waals surface area (Å²) in [5.74, 6) is -0.0755. The predicted octanol–water partition coefficient (Wildman–Crippen LogP) is 2.71. The Morgan fingerprint density at radius 3 is 2.52 bits per heavy atom. The van der Waals surface area contributed by atoms with Crippen molar-refractivity contribution in [2.24, 2.45) is 17.8 Å². The van der Waals surface area contributed by atoms with Crippen molar-refractivity contribution in [1.82, 2.24) is 10.2 Å². The number of carboxylic acid groups (broad SMARTS) is 1. The molecule has 2 rings (SSSR count). The molecule has 3 atom stereocenters. The molecule has 0 aromatic heterocycles. The van der Waals surface area contributed by atoms with Gasteiger partial charge in [-0.3, -0.25) is 4.79 Å². The highest BCUT2D eigenvalue weighted by atomic mass is 16.4. The summed E-state index contributed by atoms with van der Waals surface area (Å²) in [7, 11) is 0. The summed E-state index contributed by atoms with van der Waals surface area (Å²) in [4.78, 5) is 25.2. The summed E-state index contributed by atoms with van der Waals surface area (Å²) in [6.45, 7) is 5.46. The maximum Gasteiger partial charge on any atom is 0.317 e. The first kappa shape index (κ1) is 16.1. The molecular formula is C16H28N2O3. The van der Waals surface area contributed by atoms with E-state index in [0.717, 1.165) is 12.8 Å². The van der Waals surface area contributed by atoms with Crippen molar-refractivity contribution in [2.75, 3.05) is 13.1 Å². The molecule has 2 aliphatic rings. The topological polar surface area (TPSA) is 69.6 Å². The molecular weight excluding hydrogens is 268 g/mol. The standard InChI is InChI=1S/C16H28N2O3/c1-11(2)13-7-3-4-8-14(13)17-16(21)18-9-5-6-12(10-18)15(19)20/h11-14H,3-10H2,1-2H3,(H,17,21)(H,19,20)/t12-,13?,14?/m1/s1. The number of hydrogen-bond acceptors (Lipinski definition) is 2. The molecule has 2 unspecified atom stereocenters. The third kappa shape index (κ3) is 4.11. The van der Waals surface area contributed by atoms with Gasteiger partial charge in [-0.1, -0.05) is 26.7 Å². The number of nitrogens with one attached hydrogen (secondary N) is 1. The molecule has 5 heteroatoms. The Morgan fingerprint density at radius 2 is 1.86 bits per heavy atom. The first-order valence-corrected chi connectivity index (χ1v) is 8.27. The minimum atomic E-state index is -0.787. The van der Waals surface area contributed by atoms with Gasteiger partial charge in [-0.15, -0.1) is 0 Å². The van der Waals surface area contributed by atoms with E-state index in [4.69, 9.17) is 5.11 Å². The van der Waals surface area contributed by atoms with E-state index in [1.807, 2.05) is 0 Å². The van der Waals surface area contributed by atoms with Crippen LogP contribution in [0, 0.1) is 17.8 Å². The molecule has 0 aromatic rings. The van der Waals surface area contributed by atoms with Crippen LogP contribution in [0.4, 0.5) is 4.79 Å². The average Bonchev–Trinajstić information content (AvgIpc) is 2.47. The largest absolute Gasteiger partial charge is 0.481 e. The summed E-state index contributed by atoms with van der Waals surface area (Å²) in [6, 6.07) is 0.176. The zero-order valence-corrected chi connectivity index (χ0v) is 13.2. The van der Waals surface area contributed by atoms with Gasteiger partial charge in [0.05, 0.1) is 5.92 Å². The second kappa shape index (κ2) is 7.14. The molecule has 2 fully saturated rings. The Hall–Kier alpha value is -1.26. The number of rotatable bonds is 3. The van der Waals surface area contributed by atoms with Crippen LogP contribution in [-0.4, -0.2) is 41.1 Å². The lowest BCUT2D eigenvalue weighted by Crippen LogP contribution is -2.52. The molecule has 1 saturated carbocycles. The highest BCUT2D eigenvalue weighted by molar-refractivity contribution is 5.76. The van der Waals surface area contributed by atoms with Crippen molar-refractivity contribution >= 4 is 12.0 Å². The summed E-state index contributed by atoms with van der Waals surface area (Å²) in [5, 5.41) is 12.3. The molecule has 1 saturated heterocycles. The lowest BCUT2D eigenvalue weighted by Gasteiger charge is -2.37. The van der Waals surface area contributed by atoms with Crippen molar-refractivity contribution < 1.29 is 14.7 Å². The van der Waals surface area contributed by atoms with Gasteiger partial charge in [-0.2, -0.15) is 0 Å². The van der Waals surface area contributed by atoms with E-state index in [1.165, 1.54) is 19.3 Å². The Labute approximate surface area is 127 Å². The van der Waals surface area contributed by atoms with Crippen molar-refractivity contribution in [3.63, 3.8) is 0 Å². The van der Waals surface area contributed by atoms with E-state index in [1.54, 1.807) is 4.90 Å². The first-order chi connectivity index (χ1) is 9.99. The normalized spacial score (nSPS) is 30.2. The smallest absolute Gasteiger partial charge is 0.317 e. The molecule has 2 N–H and O–H groups in total. The number of urea groups is 1. The fourth-order valence-corrected chi connectivity index (χ4v) is 3.75. The highest BCUT2D eigenvalue weighted by Crippen LogP contribution is 2.30. The van der Waals surface area contributed by atoms with Gasteiger partial charge in [0.1, 0.15) is 0 Å². The number of carbonyl (C=O) groups excluding carboxylic acids is 1. The maximum absolute atomic E-state index is 12.4. The number of nitrogens with zero attached hydrogens (tertiary/aromatic N) is 1. The molecule has 1 aliphatic carbocycles. The van der Waals surface area contributed by atoms with Gasteiger partial charge in [-0.05, 0) is 37.5 Å². The average molecular weight is 296 g/mol. The van der Waals surface area contributed by atoms with Crippen LogP contribution in [0.1, 0.15) is 52.4 Å². The van der Waals surface area contributed by atoms with Crippen LogP contribution in [0.15, 0.2) is 0 Å². The van der Waals surface area contributed by atoms with E-state index < -0.39 is 11.9 Å². The number of aliphatic carboxylic acids is 1. The Balaban J connectivity index is 1.92. The predicted molar refractivity (Wildman–Crippen MR) is 81.0 cm³/mol. The quantitative estimate of drug-likeness (QED) is 0.841. The van der Waals surface area contributed by atoms with E-state index >= 15 is 0 Å². The van der Waals surface area contributed by atoms with Gasteiger partial charge in [0.25, 0.3) is 0 Å². The number of likely N-dealkylation sites (tertiary alicyclic amines) is 1. The second-order valence-electron chi connectivity index (χ2n) is 6.87. The number of hydrogen-bond donors (Lipinski definition) is 2. The zero-order valence-electron chi connectivity index (χ0n) is 13.2. The molecule has 21 heavy (non-hydrogen) atoms. The number of carbonyl (C=O) groups is 2. The van der Waals surface area contributed by atoms with E-state index in [0.29, 0.717) is 31.3 Å². The van der Waals surface area contributed by atoms with Gasteiger partial charge in [-0.25, -0.2) is 4.79 Å². The van der Waals surface area contributed by atoms with Gasteiger partial charge >= 0.3 is 12.0 Å². The summed E-state index contributed by atoms with van der Waals surface area (Å²) in [6.07, 6.45) is 6.11. The van der Waals surface area contributed by atoms with Crippen LogP contribution in [0.5, 0.6) is 0 Å². The molecule has 0 spiro atoms. The van der Waals surface area contributed by atoms with Crippen molar-refractivity contribution in [3.8, 4) is 0 Å². The van der Waals surface area contributed by atoms with Crippen LogP contribution in [0.3, 0.4) is 0 Å². The lowest BCUT2D eigenvalue weighted by molar-refractivity contribution is -0.143. The van der Waals surface area contributed by atoms with Gasteiger partial charge in [0.15, 0.2) is 0 Å². The molecule has 1 heterocycles. The molecule has 0 radical (unpaired) electrons. The number of carboxylic acids is 1. The Bertz CT molecular complexity index is 384. The molecule has 2 amide bonds. The van der Waals surface area contributed by atoms with E-state index in [2.05, 4.69) is 19.2 Å². The van der Waals surface area contributed by atoms with E-state index in [-0.39, 0.29) is 12.1 Å². The van der Waals surface area contributed by atoms with Gasteiger partial charge in [0.2, 0.25) is 0 Å². The SMILES string of the molecule is CC(C)C1CCCCC1NC(=O)N1CCC[C@@H](C(=O)O)C1. The molecule has 0 aromatic carbocycles.